The first-order chi connectivity index (χ1) is 20.9. The highest BCUT2D eigenvalue weighted by Gasteiger charge is 2.40. The maximum atomic E-state index is 14.3. The van der Waals surface area contributed by atoms with Crippen LogP contribution in [0.1, 0.15) is 27.5 Å². The van der Waals surface area contributed by atoms with Crippen LogP contribution in [0.15, 0.2) is 109 Å². The number of carbonyl (C=O) groups is 4. The molecule has 1 aliphatic heterocycles. The molecule has 0 aliphatic carbocycles. The van der Waals surface area contributed by atoms with Gasteiger partial charge in [-0.05, 0) is 48.0 Å². The summed E-state index contributed by atoms with van der Waals surface area (Å²) in [6.45, 7) is -0.333. The molecule has 5 aromatic rings. The zero-order chi connectivity index (χ0) is 29.9. The van der Waals surface area contributed by atoms with Gasteiger partial charge in [0.25, 0.3) is 17.6 Å². The van der Waals surface area contributed by atoms with Crippen molar-refractivity contribution in [2.75, 3.05) is 23.9 Å². The molecular weight excluding hydrogens is 544 g/mol. The van der Waals surface area contributed by atoms with Gasteiger partial charge in [-0.2, -0.15) is 0 Å². The molecule has 9 heteroatoms. The standard InChI is InChI=1S/C34H28N4O5/c1-43-24-17-15-23(16-18-24)36-33(41)31(27-19-35-28-13-7-5-11-25(27)28)38(20-22-9-3-2-4-10-22)30(39)21-37-29-14-8-6-12-26(29)32(40)34(37)42/h2-19,31,35H,20-21H2,1H3,(H,36,41). The number of methoxy groups -OCH3 is 1. The van der Waals surface area contributed by atoms with E-state index >= 15 is 0 Å². The summed E-state index contributed by atoms with van der Waals surface area (Å²) in [7, 11) is 1.56. The summed E-state index contributed by atoms with van der Waals surface area (Å²) in [5.74, 6) is -1.74. The van der Waals surface area contributed by atoms with Crippen LogP contribution in [-0.4, -0.2) is 47.0 Å². The molecule has 0 radical (unpaired) electrons. The quantitative estimate of drug-likeness (QED) is 0.238. The van der Waals surface area contributed by atoms with Gasteiger partial charge in [-0.15, -0.1) is 0 Å². The van der Waals surface area contributed by atoms with Crippen molar-refractivity contribution in [1.82, 2.24) is 9.88 Å². The molecule has 0 spiro atoms. The summed E-state index contributed by atoms with van der Waals surface area (Å²) in [4.78, 5) is 60.0. The van der Waals surface area contributed by atoms with Crippen LogP contribution in [-0.2, 0) is 20.9 Å². The third-order valence-corrected chi connectivity index (χ3v) is 7.52. The third-order valence-electron chi connectivity index (χ3n) is 7.52. The number of aromatic nitrogens is 1. The predicted octanol–water partition coefficient (Wildman–Crippen LogP) is 5.11. The van der Waals surface area contributed by atoms with Crippen LogP contribution in [0.5, 0.6) is 5.75 Å². The number of anilines is 2. The molecule has 2 heterocycles. The number of para-hydroxylation sites is 2. The van der Waals surface area contributed by atoms with Crippen molar-refractivity contribution in [2.45, 2.75) is 12.6 Å². The Bertz CT molecular complexity index is 1830. The number of aromatic amines is 1. The molecule has 0 fully saturated rings. The molecule has 1 aliphatic rings. The number of fused-ring (bicyclic) bond motifs is 2. The molecule has 6 rings (SSSR count). The Labute approximate surface area is 247 Å². The largest absolute Gasteiger partial charge is 0.497 e. The van der Waals surface area contributed by atoms with Gasteiger partial charge in [0.2, 0.25) is 5.91 Å². The molecule has 214 valence electrons. The number of amides is 3. The molecule has 3 amide bonds. The zero-order valence-corrected chi connectivity index (χ0v) is 23.3. The Morgan fingerprint density at radius 3 is 2.35 bits per heavy atom. The van der Waals surface area contributed by atoms with Gasteiger partial charge in [0.1, 0.15) is 18.3 Å². The summed E-state index contributed by atoms with van der Waals surface area (Å²) >= 11 is 0. The summed E-state index contributed by atoms with van der Waals surface area (Å²) in [5, 5.41) is 3.73. The normalized spacial score (nSPS) is 13.1. The van der Waals surface area contributed by atoms with Crippen LogP contribution >= 0.6 is 0 Å². The molecule has 0 saturated carbocycles. The van der Waals surface area contributed by atoms with Gasteiger partial charge in [-0.3, -0.25) is 24.1 Å². The third kappa shape index (κ3) is 5.36. The second-order valence-electron chi connectivity index (χ2n) is 10.2. The molecule has 0 bridgehead atoms. The Morgan fingerprint density at radius 2 is 1.58 bits per heavy atom. The number of ether oxygens (including phenoxy) is 1. The van der Waals surface area contributed by atoms with Gasteiger partial charge in [0.15, 0.2) is 0 Å². The minimum absolute atomic E-state index is 0.0809. The van der Waals surface area contributed by atoms with Gasteiger partial charge in [-0.25, -0.2) is 0 Å². The van der Waals surface area contributed by atoms with E-state index in [1.807, 2.05) is 54.6 Å². The van der Waals surface area contributed by atoms with E-state index in [-0.39, 0.29) is 12.1 Å². The molecule has 2 N–H and O–H groups in total. The average Bonchev–Trinajstić information content (AvgIpc) is 3.56. The molecular formula is C34H28N4O5. The van der Waals surface area contributed by atoms with Crippen molar-refractivity contribution in [1.29, 1.82) is 0 Å². The lowest BCUT2D eigenvalue weighted by Gasteiger charge is -2.32. The maximum absolute atomic E-state index is 14.3. The number of H-pyrrole nitrogens is 1. The minimum Gasteiger partial charge on any atom is -0.497 e. The number of benzene rings is 4. The van der Waals surface area contributed by atoms with E-state index in [4.69, 9.17) is 4.74 Å². The first-order valence-corrected chi connectivity index (χ1v) is 13.7. The number of hydrogen-bond donors (Lipinski definition) is 2. The van der Waals surface area contributed by atoms with Crippen molar-refractivity contribution in [3.8, 4) is 5.75 Å². The van der Waals surface area contributed by atoms with Crippen LogP contribution in [0.4, 0.5) is 11.4 Å². The number of carbonyl (C=O) groups excluding carboxylic acids is 4. The monoisotopic (exact) mass is 572 g/mol. The minimum atomic E-state index is -1.09. The van der Waals surface area contributed by atoms with Gasteiger partial charge in [-0.1, -0.05) is 60.7 Å². The molecule has 0 saturated heterocycles. The van der Waals surface area contributed by atoms with E-state index in [1.165, 1.54) is 9.80 Å². The Balaban J connectivity index is 1.42. The van der Waals surface area contributed by atoms with Crippen LogP contribution in [0, 0.1) is 0 Å². The smallest absolute Gasteiger partial charge is 0.299 e. The Kier molecular flexibility index (Phi) is 7.44. The SMILES string of the molecule is COc1ccc(NC(=O)C(c2c[nH]c3ccccc23)N(Cc2ccccc2)C(=O)CN2C(=O)C(=O)c3ccccc32)cc1. The topological polar surface area (TPSA) is 112 Å². The summed E-state index contributed by atoms with van der Waals surface area (Å²) in [6.07, 6.45) is 1.73. The number of nitrogens with zero attached hydrogens (tertiary/aromatic N) is 2. The van der Waals surface area contributed by atoms with E-state index in [9.17, 15) is 19.2 Å². The molecule has 9 nitrogen and oxygen atoms in total. The predicted molar refractivity (Wildman–Crippen MR) is 163 cm³/mol. The molecule has 4 aromatic carbocycles. The van der Waals surface area contributed by atoms with E-state index in [1.54, 1.807) is 61.8 Å². The molecule has 43 heavy (non-hydrogen) atoms. The Hall–Kier alpha value is -5.70. The number of rotatable bonds is 9. The molecule has 1 aromatic heterocycles. The number of ketones is 1. The van der Waals surface area contributed by atoms with Crippen molar-refractivity contribution < 1.29 is 23.9 Å². The fraction of sp³-hybridized carbons (Fsp3) is 0.118. The van der Waals surface area contributed by atoms with E-state index in [0.717, 1.165) is 16.5 Å². The fourth-order valence-electron chi connectivity index (χ4n) is 5.39. The first kappa shape index (κ1) is 27.5. The first-order valence-electron chi connectivity index (χ1n) is 13.7. The highest BCUT2D eigenvalue weighted by Crippen LogP contribution is 2.33. The average molecular weight is 573 g/mol. The number of nitrogens with one attached hydrogen (secondary N) is 2. The van der Waals surface area contributed by atoms with Gasteiger partial charge in [0, 0.05) is 34.9 Å². The lowest BCUT2D eigenvalue weighted by Crippen LogP contribution is -2.46. The van der Waals surface area contributed by atoms with Crippen LogP contribution in [0.3, 0.4) is 0 Å². The summed E-state index contributed by atoms with van der Waals surface area (Å²) < 4.78 is 5.24. The van der Waals surface area contributed by atoms with Gasteiger partial charge >= 0.3 is 0 Å². The molecule has 1 atom stereocenters. The highest BCUT2D eigenvalue weighted by atomic mass is 16.5. The summed E-state index contributed by atoms with van der Waals surface area (Å²) in [5.41, 5.74) is 3.34. The zero-order valence-electron chi connectivity index (χ0n) is 23.3. The lowest BCUT2D eigenvalue weighted by atomic mass is 10.0. The molecule has 1 unspecified atom stereocenters. The van der Waals surface area contributed by atoms with Crippen molar-refractivity contribution in [3.63, 3.8) is 0 Å². The van der Waals surface area contributed by atoms with Crippen LogP contribution in [0.2, 0.25) is 0 Å². The van der Waals surface area contributed by atoms with E-state index in [0.29, 0.717) is 22.7 Å². The second kappa shape index (κ2) is 11.7. The maximum Gasteiger partial charge on any atom is 0.299 e. The lowest BCUT2D eigenvalue weighted by molar-refractivity contribution is -0.139. The summed E-state index contributed by atoms with van der Waals surface area (Å²) in [6, 6.07) is 29.3. The van der Waals surface area contributed by atoms with Crippen molar-refractivity contribution in [2.24, 2.45) is 0 Å². The number of Topliss-reactive ketones (excluding diaryl/α,β-unsaturated/α-hetero) is 1. The van der Waals surface area contributed by atoms with E-state index in [2.05, 4.69) is 10.3 Å². The number of hydrogen-bond acceptors (Lipinski definition) is 5. The van der Waals surface area contributed by atoms with Crippen molar-refractivity contribution in [3.05, 3.63) is 126 Å². The highest BCUT2D eigenvalue weighted by molar-refractivity contribution is 6.52. The second-order valence-corrected chi connectivity index (χ2v) is 10.2. The van der Waals surface area contributed by atoms with Gasteiger partial charge < -0.3 is 19.9 Å². The fourth-order valence-corrected chi connectivity index (χ4v) is 5.39. The van der Waals surface area contributed by atoms with Crippen LogP contribution < -0.4 is 15.0 Å². The van der Waals surface area contributed by atoms with E-state index < -0.39 is 36.1 Å². The van der Waals surface area contributed by atoms with Gasteiger partial charge in [0.05, 0.1) is 18.4 Å². The Morgan fingerprint density at radius 1 is 0.884 bits per heavy atom. The van der Waals surface area contributed by atoms with Crippen LogP contribution in [0.25, 0.3) is 10.9 Å². The van der Waals surface area contributed by atoms with Crippen molar-refractivity contribution >= 4 is 45.8 Å².